The van der Waals surface area contributed by atoms with Gasteiger partial charge in [0.25, 0.3) is 10.0 Å². The Balaban J connectivity index is 1.22. The van der Waals surface area contributed by atoms with Crippen molar-refractivity contribution in [2.45, 2.75) is 43.7 Å². The highest BCUT2D eigenvalue weighted by Crippen LogP contribution is 2.22. The SMILES string of the molecule is O=C(CCCCCN=C1NS(=O)(=O)c2ccccc21)N1CCn2c(n[nH]c2=O)C1. The van der Waals surface area contributed by atoms with E-state index in [-0.39, 0.29) is 16.5 Å². The summed E-state index contributed by atoms with van der Waals surface area (Å²) in [4.78, 5) is 30.2. The minimum atomic E-state index is -3.51. The second-order valence-corrected chi connectivity index (χ2v) is 8.71. The van der Waals surface area contributed by atoms with Gasteiger partial charge >= 0.3 is 5.69 Å². The number of benzene rings is 1. The molecule has 0 fully saturated rings. The van der Waals surface area contributed by atoms with Crippen LogP contribution in [0, 0.1) is 0 Å². The third-order valence-corrected chi connectivity index (χ3v) is 6.49. The molecule has 0 bridgehead atoms. The number of carbonyl (C=O) groups excluding carboxylic acids is 1. The van der Waals surface area contributed by atoms with Gasteiger partial charge in [-0.05, 0) is 25.0 Å². The first kappa shape index (κ1) is 19.4. The minimum Gasteiger partial charge on any atom is -0.333 e. The van der Waals surface area contributed by atoms with E-state index in [9.17, 15) is 18.0 Å². The van der Waals surface area contributed by atoms with Gasteiger partial charge in [-0.25, -0.2) is 18.3 Å². The number of aliphatic imine (C=N–C) groups is 1. The predicted molar refractivity (Wildman–Crippen MR) is 105 cm³/mol. The molecule has 10 nitrogen and oxygen atoms in total. The Hall–Kier alpha value is -2.95. The molecule has 11 heteroatoms. The minimum absolute atomic E-state index is 0.0514. The summed E-state index contributed by atoms with van der Waals surface area (Å²) in [6.45, 7) is 1.82. The fourth-order valence-electron chi connectivity index (χ4n) is 3.55. The Morgan fingerprint density at radius 2 is 2.00 bits per heavy atom. The van der Waals surface area contributed by atoms with Gasteiger partial charge in [0.1, 0.15) is 5.84 Å². The zero-order valence-electron chi connectivity index (χ0n) is 15.8. The molecule has 2 aromatic rings. The molecule has 1 aromatic carbocycles. The van der Waals surface area contributed by atoms with Crippen LogP contribution in [-0.4, -0.2) is 52.9 Å². The number of rotatable bonds is 6. The molecule has 3 heterocycles. The van der Waals surface area contributed by atoms with E-state index in [1.165, 1.54) is 0 Å². The van der Waals surface area contributed by atoms with Crippen LogP contribution in [0.2, 0.25) is 0 Å². The van der Waals surface area contributed by atoms with Crippen molar-refractivity contribution in [1.29, 1.82) is 0 Å². The molecule has 2 aliphatic rings. The lowest BCUT2D eigenvalue weighted by molar-refractivity contribution is -0.132. The van der Waals surface area contributed by atoms with E-state index in [1.54, 1.807) is 33.7 Å². The molecular formula is C18H22N6O4S. The average Bonchev–Trinajstić information content (AvgIpc) is 3.21. The molecule has 0 saturated carbocycles. The van der Waals surface area contributed by atoms with E-state index in [1.807, 2.05) is 0 Å². The van der Waals surface area contributed by atoms with Crippen LogP contribution in [-0.2, 0) is 27.9 Å². The number of amides is 1. The number of hydrogen-bond donors (Lipinski definition) is 2. The molecular weight excluding hydrogens is 396 g/mol. The number of aromatic amines is 1. The lowest BCUT2D eigenvalue weighted by Gasteiger charge is -2.26. The van der Waals surface area contributed by atoms with Crippen LogP contribution in [0.5, 0.6) is 0 Å². The van der Waals surface area contributed by atoms with E-state index in [0.29, 0.717) is 49.8 Å². The molecule has 0 saturated heterocycles. The molecule has 4 rings (SSSR count). The number of nitrogens with one attached hydrogen (secondary N) is 2. The molecule has 1 aromatic heterocycles. The molecule has 0 spiro atoms. The van der Waals surface area contributed by atoms with E-state index in [0.717, 1.165) is 19.3 Å². The van der Waals surface area contributed by atoms with Gasteiger partial charge in [-0.15, -0.1) is 0 Å². The number of amidine groups is 1. The van der Waals surface area contributed by atoms with Crippen molar-refractivity contribution in [1.82, 2.24) is 24.4 Å². The molecule has 2 aliphatic heterocycles. The van der Waals surface area contributed by atoms with Crippen molar-refractivity contribution in [3.05, 3.63) is 46.1 Å². The maximum absolute atomic E-state index is 12.4. The Morgan fingerprint density at radius 3 is 2.86 bits per heavy atom. The number of hydrogen-bond acceptors (Lipinski definition) is 6. The Kier molecular flexibility index (Phi) is 5.22. The number of unbranched alkanes of at least 4 members (excludes halogenated alkanes) is 2. The number of carbonyl (C=O) groups is 1. The molecule has 0 unspecified atom stereocenters. The smallest absolute Gasteiger partial charge is 0.333 e. The second kappa shape index (κ2) is 7.82. The van der Waals surface area contributed by atoms with Gasteiger partial charge in [0.15, 0.2) is 5.82 Å². The Bertz CT molecular complexity index is 1120. The number of nitrogens with zero attached hydrogens (tertiary/aromatic N) is 4. The Morgan fingerprint density at radius 1 is 1.17 bits per heavy atom. The summed E-state index contributed by atoms with van der Waals surface area (Å²) in [5.41, 5.74) is 0.366. The number of sulfonamides is 1. The fourth-order valence-corrected chi connectivity index (χ4v) is 4.80. The van der Waals surface area contributed by atoms with Crippen LogP contribution >= 0.6 is 0 Å². The van der Waals surface area contributed by atoms with Crippen molar-refractivity contribution < 1.29 is 13.2 Å². The van der Waals surface area contributed by atoms with Gasteiger partial charge < -0.3 is 4.90 Å². The standard InChI is InChI=1S/C18H22N6O4S/c25-16(23-10-11-24-15(12-23)20-21-18(24)26)8-2-1-5-9-19-17-13-6-3-4-7-14(13)29(27,28)22-17/h3-4,6-7H,1-2,5,8-12H2,(H,19,22)(H,21,26). The lowest BCUT2D eigenvalue weighted by Crippen LogP contribution is -2.40. The summed E-state index contributed by atoms with van der Waals surface area (Å²) >= 11 is 0. The van der Waals surface area contributed by atoms with Gasteiger partial charge in [0.2, 0.25) is 5.91 Å². The third-order valence-electron chi connectivity index (χ3n) is 5.10. The van der Waals surface area contributed by atoms with Gasteiger partial charge in [-0.3, -0.25) is 19.1 Å². The monoisotopic (exact) mass is 418 g/mol. The largest absolute Gasteiger partial charge is 0.343 e. The zero-order chi connectivity index (χ0) is 20.4. The van der Waals surface area contributed by atoms with Crippen LogP contribution in [0.3, 0.4) is 0 Å². The number of fused-ring (bicyclic) bond motifs is 2. The van der Waals surface area contributed by atoms with E-state index < -0.39 is 10.0 Å². The van der Waals surface area contributed by atoms with Gasteiger partial charge in [-0.1, -0.05) is 18.6 Å². The second-order valence-electron chi connectivity index (χ2n) is 7.05. The maximum atomic E-state index is 12.4. The summed E-state index contributed by atoms with van der Waals surface area (Å²) in [5.74, 6) is 1.02. The van der Waals surface area contributed by atoms with Crippen molar-refractivity contribution in [3.63, 3.8) is 0 Å². The van der Waals surface area contributed by atoms with E-state index >= 15 is 0 Å². The molecule has 0 atom stereocenters. The average molecular weight is 418 g/mol. The predicted octanol–water partition coefficient (Wildman–Crippen LogP) is 0.213. The summed E-state index contributed by atoms with van der Waals surface area (Å²) < 4.78 is 28.1. The highest BCUT2D eigenvalue weighted by Gasteiger charge is 2.29. The van der Waals surface area contributed by atoms with Crippen LogP contribution in [0.25, 0.3) is 0 Å². The molecule has 2 N–H and O–H groups in total. The zero-order valence-corrected chi connectivity index (χ0v) is 16.6. The van der Waals surface area contributed by atoms with Gasteiger partial charge in [0.05, 0.1) is 11.4 Å². The summed E-state index contributed by atoms with van der Waals surface area (Å²) in [5, 5.41) is 6.35. The third kappa shape index (κ3) is 3.95. The van der Waals surface area contributed by atoms with Crippen molar-refractivity contribution in [3.8, 4) is 0 Å². The number of H-pyrrole nitrogens is 1. The summed E-state index contributed by atoms with van der Waals surface area (Å²) in [7, 11) is -3.51. The van der Waals surface area contributed by atoms with Crippen LogP contribution in [0.1, 0.15) is 37.1 Å². The quantitative estimate of drug-likeness (QED) is 0.648. The topological polar surface area (TPSA) is 130 Å². The molecule has 0 aliphatic carbocycles. The first-order chi connectivity index (χ1) is 14.0. The van der Waals surface area contributed by atoms with Crippen molar-refractivity contribution >= 4 is 21.8 Å². The molecule has 29 heavy (non-hydrogen) atoms. The fraction of sp³-hybridized carbons (Fsp3) is 0.444. The highest BCUT2D eigenvalue weighted by molar-refractivity contribution is 7.90. The highest BCUT2D eigenvalue weighted by atomic mass is 32.2. The van der Waals surface area contributed by atoms with E-state index in [4.69, 9.17) is 0 Å². The molecule has 1 amide bonds. The van der Waals surface area contributed by atoms with Crippen molar-refractivity contribution in [2.24, 2.45) is 4.99 Å². The van der Waals surface area contributed by atoms with Gasteiger partial charge in [0, 0.05) is 31.6 Å². The maximum Gasteiger partial charge on any atom is 0.343 e. The van der Waals surface area contributed by atoms with Gasteiger partial charge in [-0.2, -0.15) is 5.10 Å². The first-order valence-corrected chi connectivity index (χ1v) is 11.0. The van der Waals surface area contributed by atoms with E-state index in [2.05, 4.69) is 19.9 Å². The normalized spacial score (nSPS) is 18.3. The molecule has 0 radical (unpaired) electrons. The van der Waals surface area contributed by atoms with Crippen LogP contribution < -0.4 is 10.4 Å². The van der Waals surface area contributed by atoms with Crippen LogP contribution in [0.4, 0.5) is 0 Å². The summed E-state index contributed by atoms with van der Waals surface area (Å²) in [6, 6.07) is 6.77. The van der Waals surface area contributed by atoms with Crippen LogP contribution in [0.15, 0.2) is 38.9 Å². The first-order valence-electron chi connectivity index (χ1n) is 9.54. The van der Waals surface area contributed by atoms with Crippen molar-refractivity contribution in [2.75, 3.05) is 13.1 Å². The lowest BCUT2D eigenvalue weighted by atomic mass is 10.1. The Labute approximate surface area is 167 Å². The molecule has 154 valence electrons. The number of aromatic nitrogens is 3. The summed E-state index contributed by atoms with van der Waals surface area (Å²) in [6.07, 6.45) is 2.74.